The molecule has 0 fully saturated rings. The number of aromatic nitrogens is 2. The second kappa shape index (κ2) is 27.0. The molecule has 5 rings (SSSR count). The summed E-state index contributed by atoms with van der Waals surface area (Å²) in [6.45, 7) is 24.5. The molecule has 2 aromatic heterocycles. The van der Waals surface area contributed by atoms with Gasteiger partial charge in [-0.05, 0) is 80.3 Å². The van der Waals surface area contributed by atoms with E-state index in [1.165, 1.54) is 38.9 Å². The Morgan fingerprint density at radius 1 is 0.793 bits per heavy atom. The molecule has 1 atom stereocenters. The summed E-state index contributed by atoms with van der Waals surface area (Å²) in [5, 5.41) is 16.3. The van der Waals surface area contributed by atoms with Gasteiger partial charge in [-0.3, -0.25) is 0 Å². The van der Waals surface area contributed by atoms with Crippen LogP contribution in [-0.2, 0) is 38.8 Å². The van der Waals surface area contributed by atoms with Crippen molar-refractivity contribution in [2.24, 2.45) is 0 Å². The molecule has 0 N–H and O–H groups in total. The predicted octanol–water partition coefficient (Wildman–Crippen LogP) is 14.5. The zero-order chi connectivity index (χ0) is 42.7. The van der Waals surface area contributed by atoms with Crippen molar-refractivity contribution in [3.05, 3.63) is 169 Å². The van der Waals surface area contributed by atoms with Crippen LogP contribution in [0.5, 0.6) is 0 Å². The summed E-state index contributed by atoms with van der Waals surface area (Å²) in [6, 6.07) is 21.6. The monoisotopic (exact) mass is 951 g/mol. The van der Waals surface area contributed by atoms with Gasteiger partial charge in [0.1, 0.15) is 11.5 Å². The van der Waals surface area contributed by atoms with Gasteiger partial charge in [0.05, 0.1) is 11.5 Å². The molecule has 0 radical (unpaired) electrons. The first-order valence-corrected chi connectivity index (χ1v) is 20.1. The summed E-state index contributed by atoms with van der Waals surface area (Å²) in [5.74, 6) is 3.42. The minimum Gasteiger partial charge on any atom is -0.671 e. The van der Waals surface area contributed by atoms with Gasteiger partial charge in [0, 0.05) is 30.3 Å². The van der Waals surface area contributed by atoms with E-state index in [1.54, 1.807) is 42.3 Å². The number of benzene rings is 3. The average Bonchev–Trinajstić information content (AvgIpc) is 3.71. The maximum atomic E-state index is 6.45. The molecule has 0 aliphatic carbocycles. The maximum absolute atomic E-state index is 6.45. The van der Waals surface area contributed by atoms with Crippen LogP contribution < -0.4 is 0 Å². The number of nitrogens with zero attached hydrogens (tertiary/aromatic N) is 6. The summed E-state index contributed by atoms with van der Waals surface area (Å²) in [4.78, 5) is 5.55. The molecule has 8 heteroatoms. The Morgan fingerprint density at radius 3 is 1.81 bits per heavy atom. The normalized spacial score (nSPS) is 11.2. The van der Waals surface area contributed by atoms with E-state index in [9.17, 15) is 0 Å². The van der Waals surface area contributed by atoms with Gasteiger partial charge >= 0.3 is 25.8 Å². The van der Waals surface area contributed by atoms with Crippen molar-refractivity contribution >= 4 is 11.8 Å². The average molecular weight is 950 g/mol. The third-order valence-electron chi connectivity index (χ3n) is 9.27. The molecule has 1 unspecified atom stereocenters. The molecule has 0 saturated heterocycles. The summed E-state index contributed by atoms with van der Waals surface area (Å²) >= 11 is 0. The van der Waals surface area contributed by atoms with Crippen molar-refractivity contribution < 1.29 is 30.3 Å². The molecule has 0 saturated carbocycles. The SMILES string of the molecule is C=CCC=Cc1oc(CC)c(-c2cn(Cc3ccccc3)c(C([N-]c3c(C(C)C)cccc3C(C)C)c3c(C)cc(C)cc3C)n2)c1C.C[N-]C.C[N-]C.C[N-]C.[Hf+4]. The molecule has 0 spiro atoms. The number of hydrogen-bond donors (Lipinski definition) is 0. The van der Waals surface area contributed by atoms with Crippen LogP contribution >= 0.6 is 0 Å². The summed E-state index contributed by atoms with van der Waals surface area (Å²) in [7, 11) is 10.5. The van der Waals surface area contributed by atoms with E-state index in [-0.39, 0.29) is 31.9 Å². The number of imidazole rings is 1. The Hall–Kier alpha value is -3.82. The van der Waals surface area contributed by atoms with E-state index in [1.807, 2.05) is 6.08 Å². The van der Waals surface area contributed by atoms with Crippen molar-refractivity contribution in [1.29, 1.82) is 0 Å². The van der Waals surface area contributed by atoms with Gasteiger partial charge in [0.15, 0.2) is 0 Å². The zero-order valence-electron chi connectivity index (χ0n) is 38.2. The molecule has 0 aliphatic rings. The number of furan rings is 1. The number of para-hydroxylation sites is 1. The Labute approximate surface area is 371 Å². The third-order valence-corrected chi connectivity index (χ3v) is 9.27. The van der Waals surface area contributed by atoms with Crippen LogP contribution in [0.1, 0.15) is 121 Å². The largest absolute Gasteiger partial charge is 4.00 e. The molecule has 3 aromatic carbocycles. The Bertz CT molecular complexity index is 1920. The van der Waals surface area contributed by atoms with Crippen LogP contribution in [0.2, 0.25) is 0 Å². The Morgan fingerprint density at radius 2 is 1.33 bits per heavy atom. The first-order valence-electron chi connectivity index (χ1n) is 20.1. The maximum Gasteiger partial charge on any atom is 4.00 e. The van der Waals surface area contributed by atoms with Crippen LogP contribution in [0.25, 0.3) is 38.6 Å². The smallest absolute Gasteiger partial charge is 0.671 e. The van der Waals surface area contributed by atoms with Gasteiger partial charge in [-0.15, -0.1) is 12.3 Å². The number of allylic oxidation sites excluding steroid dienone is 2. The quantitative estimate of drug-likeness (QED) is 0.0869. The minimum atomic E-state index is -0.315. The van der Waals surface area contributed by atoms with E-state index in [0.717, 1.165) is 52.7 Å². The molecule has 5 aromatic rings. The molecule has 7 nitrogen and oxygen atoms in total. The first kappa shape index (κ1) is 52.2. The van der Waals surface area contributed by atoms with Gasteiger partial charge in [0.2, 0.25) is 0 Å². The fourth-order valence-electron chi connectivity index (χ4n) is 6.95. The van der Waals surface area contributed by atoms with Crippen LogP contribution in [0.15, 0.2) is 90.0 Å². The summed E-state index contributed by atoms with van der Waals surface area (Å²) in [6.07, 6.45) is 9.84. The van der Waals surface area contributed by atoms with Gasteiger partial charge in [-0.25, -0.2) is 4.98 Å². The van der Waals surface area contributed by atoms with Crippen molar-refractivity contribution in [3.63, 3.8) is 0 Å². The van der Waals surface area contributed by atoms with Gasteiger partial charge in [-0.2, -0.15) is 42.3 Å². The van der Waals surface area contributed by atoms with Crippen molar-refractivity contribution in [2.45, 2.75) is 99.6 Å². The van der Waals surface area contributed by atoms with Gasteiger partial charge in [0.25, 0.3) is 0 Å². The third kappa shape index (κ3) is 14.5. The second-order valence-corrected chi connectivity index (χ2v) is 15.0. The standard InChI is InChI=1S/C44H52N3O.3C2H6N.Hf/c1-11-13-15-23-39-33(10)41(38(12-2)48-39)37-27-47(26-34-19-16-14-17-20-34)44(45-37)43(40-31(8)24-30(7)25-32(40)9)46-42-35(28(3)4)21-18-22-36(42)29(5)6;3*1-3-2;/h11,14-25,27-29,43H,1,12-13,26H2,2-10H3;3*1-2H3;/q4*-1;+4. The number of rotatable bonds is 13. The topological polar surface area (TPSA) is 87.4 Å². The van der Waals surface area contributed by atoms with E-state index in [2.05, 4.69) is 168 Å². The number of aryl methyl sites for hydroxylation is 4. The fraction of sp³-hybridized carbons (Fsp3) is 0.420. The Kier molecular flexibility index (Phi) is 24.3. The van der Waals surface area contributed by atoms with Gasteiger partial charge in [-0.1, -0.05) is 124 Å². The summed E-state index contributed by atoms with van der Waals surface area (Å²) < 4.78 is 8.77. The molecule has 0 aliphatic heterocycles. The predicted molar refractivity (Wildman–Crippen MR) is 249 cm³/mol. The fourth-order valence-corrected chi connectivity index (χ4v) is 6.95. The van der Waals surface area contributed by atoms with Crippen LogP contribution in [-0.4, -0.2) is 51.8 Å². The molecular weight excluding hydrogens is 879 g/mol. The molecular formula is C50H70HfN6O. The van der Waals surface area contributed by atoms with Crippen LogP contribution in [0.3, 0.4) is 0 Å². The summed E-state index contributed by atoms with van der Waals surface area (Å²) in [5.41, 5.74) is 12.9. The molecule has 0 amide bonds. The van der Waals surface area contributed by atoms with E-state index < -0.39 is 0 Å². The second-order valence-electron chi connectivity index (χ2n) is 15.0. The number of hydrogen-bond acceptors (Lipinski definition) is 2. The molecule has 310 valence electrons. The van der Waals surface area contributed by atoms with Gasteiger partial charge < -0.3 is 30.3 Å². The van der Waals surface area contributed by atoms with E-state index in [0.29, 0.717) is 18.4 Å². The first-order chi connectivity index (χ1) is 27.3. The van der Waals surface area contributed by atoms with Crippen molar-refractivity contribution in [1.82, 2.24) is 9.55 Å². The Balaban J connectivity index is 0.00000154. The zero-order valence-corrected chi connectivity index (χ0v) is 41.8. The minimum absolute atomic E-state index is 0. The van der Waals surface area contributed by atoms with Crippen LogP contribution in [0.4, 0.5) is 5.69 Å². The molecule has 2 heterocycles. The van der Waals surface area contributed by atoms with Crippen LogP contribution in [0, 0.1) is 27.7 Å². The van der Waals surface area contributed by atoms with E-state index in [4.69, 9.17) is 14.7 Å². The molecule has 0 bridgehead atoms. The molecule has 58 heavy (non-hydrogen) atoms. The van der Waals surface area contributed by atoms with Crippen molar-refractivity contribution in [2.75, 3.05) is 42.3 Å². The van der Waals surface area contributed by atoms with E-state index >= 15 is 0 Å². The van der Waals surface area contributed by atoms with Crippen molar-refractivity contribution in [3.8, 4) is 11.3 Å².